The van der Waals surface area contributed by atoms with Crippen LogP contribution in [0.25, 0.3) is 12.0 Å². The Morgan fingerprint density at radius 3 is 3.12 bits per heavy atom. The van der Waals surface area contributed by atoms with Crippen molar-refractivity contribution in [2.75, 3.05) is 7.11 Å². The zero-order chi connectivity index (χ0) is 11.5. The molecule has 0 aliphatic rings. The van der Waals surface area contributed by atoms with E-state index in [1.165, 1.54) is 41.0 Å². The van der Waals surface area contributed by atoms with Gasteiger partial charge in [-0.3, -0.25) is 9.36 Å². The molecule has 82 valence electrons. The van der Waals surface area contributed by atoms with Gasteiger partial charge in [0, 0.05) is 24.5 Å². The predicted octanol–water partition coefficient (Wildman–Crippen LogP) is -0.465. The van der Waals surface area contributed by atoms with Crippen LogP contribution in [0.4, 0.5) is 0 Å². The number of aromatic nitrogens is 4. The van der Waals surface area contributed by atoms with E-state index in [0.29, 0.717) is 5.78 Å². The first-order chi connectivity index (χ1) is 7.72. The summed E-state index contributed by atoms with van der Waals surface area (Å²) in [5.41, 5.74) is -0.305. The number of nitrogens with zero attached hydrogens (tertiary/aromatic N) is 4. The van der Waals surface area contributed by atoms with Crippen molar-refractivity contribution in [1.82, 2.24) is 19.2 Å². The van der Waals surface area contributed by atoms with E-state index in [2.05, 4.69) is 14.8 Å². The molecule has 0 N–H and O–H groups in total. The minimum absolute atomic E-state index is 0.305. The van der Waals surface area contributed by atoms with Crippen molar-refractivity contribution in [2.45, 2.75) is 0 Å². The maximum absolute atomic E-state index is 11.5. The largest absolute Gasteiger partial charge is 0.466 e. The van der Waals surface area contributed by atoms with Crippen LogP contribution >= 0.6 is 0 Å². The standard InChI is InChI=1S/C9H8N4O3/c1-16-8(15)3-4-12-7(14)2-5-13-9(12)10-6-11-13/h2-6H,1H3. The molecule has 0 atom stereocenters. The van der Waals surface area contributed by atoms with Gasteiger partial charge >= 0.3 is 5.97 Å². The third-order valence-corrected chi connectivity index (χ3v) is 1.93. The number of carbonyl (C=O) groups is 1. The highest BCUT2D eigenvalue weighted by Gasteiger charge is 2.02. The van der Waals surface area contributed by atoms with Gasteiger partial charge in [-0.05, 0) is 0 Å². The molecule has 0 saturated carbocycles. The maximum Gasteiger partial charge on any atom is 0.331 e. The number of carbonyl (C=O) groups excluding carboxylic acids is 1. The summed E-state index contributed by atoms with van der Waals surface area (Å²) < 4.78 is 7.04. The lowest BCUT2D eigenvalue weighted by Gasteiger charge is -1.99. The number of fused-ring (bicyclic) bond motifs is 1. The summed E-state index contributed by atoms with van der Waals surface area (Å²) in [4.78, 5) is 26.3. The van der Waals surface area contributed by atoms with E-state index in [1.807, 2.05) is 0 Å². The van der Waals surface area contributed by atoms with Crippen LogP contribution in [-0.4, -0.2) is 32.2 Å². The third kappa shape index (κ3) is 1.70. The molecule has 0 spiro atoms. The highest BCUT2D eigenvalue weighted by Crippen LogP contribution is 1.95. The summed E-state index contributed by atoms with van der Waals surface area (Å²) in [5.74, 6) is -0.221. The first kappa shape index (κ1) is 10.1. The molecule has 0 bridgehead atoms. The SMILES string of the molecule is COC(=O)C=Cn1c(=O)ccn2ncnc12. The Bertz CT molecular complexity index is 610. The third-order valence-electron chi connectivity index (χ3n) is 1.93. The van der Waals surface area contributed by atoms with E-state index >= 15 is 0 Å². The smallest absolute Gasteiger partial charge is 0.331 e. The zero-order valence-corrected chi connectivity index (χ0v) is 8.40. The summed E-state index contributed by atoms with van der Waals surface area (Å²) in [6.07, 6.45) is 5.23. The van der Waals surface area contributed by atoms with Crippen LogP contribution in [0.1, 0.15) is 0 Å². The predicted molar refractivity (Wildman–Crippen MR) is 54.6 cm³/mol. The molecule has 2 aromatic heterocycles. The Morgan fingerprint density at radius 1 is 1.56 bits per heavy atom. The fraction of sp³-hybridized carbons (Fsp3) is 0.111. The number of hydrogen-bond acceptors (Lipinski definition) is 5. The van der Waals surface area contributed by atoms with E-state index in [0.717, 1.165) is 6.08 Å². The molecule has 0 aliphatic heterocycles. The summed E-state index contributed by atoms with van der Waals surface area (Å²) in [5, 5.41) is 3.86. The molecule has 0 unspecified atom stereocenters. The van der Waals surface area contributed by atoms with Gasteiger partial charge in [-0.25, -0.2) is 9.31 Å². The molecular formula is C9H8N4O3. The Labute approximate surface area is 89.6 Å². The number of ether oxygens (including phenoxy) is 1. The van der Waals surface area contributed by atoms with E-state index in [1.54, 1.807) is 0 Å². The van der Waals surface area contributed by atoms with E-state index in [4.69, 9.17) is 0 Å². The summed E-state index contributed by atoms with van der Waals surface area (Å²) in [6, 6.07) is 1.32. The maximum atomic E-state index is 11.5. The second-order valence-electron chi connectivity index (χ2n) is 2.87. The Balaban J connectivity index is 2.54. The van der Waals surface area contributed by atoms with Gasteiger partial charge in [-0.1, -0.05) is 0 Å². The van der Waals surface area contributed by atoms with Crippen molar-refractivity contribution < 1.29 is 9.53 Å². The number of methoxy groups -OCH3 is 1. The lowest BCUT2D eigenvalue weighted by molar-refractivity contribution is -0.134. The Morgan fingerprint density at radius 2 is 2.38 bits per heavy atom. The summed E-state index contributed by atoms with van der Waals surface area (Å²) in [6.45, 7) is 0. The van der Waals surface area contributed by atoms with Crippen LogP contribution in [-0.2, 0) is 9.53 Å². The summed E-state index contributed by atoms with van der Waals surface area (Å²) >= 11 is 0. The van der Waals surface area contributed by atoms with Crippen LogP contribution in [0.2, 0.25) is 0 Å². The second kappa shape index (κ2) is 3.97. The molecule has 7 heteroatoms. The molecule has 0 radical (unpaired) electrons. The van der Waals surface area contributed by atoms with Gasteiger partial charge in [0.1, 0.15) is 6.33 Å². The molecule has 16 heavy (non-hydrogen) atoms. The zero-order valence-electron chi connectivity index (χ0n) is 8.40. The normalized spacial score (nSPS) is 11.1. The fourth-order valence-corrected chi connectivity index (χ4v) is 1.18. The number of rotatable bonds is 2. The molecule has 2 heterocycles. The molecule has 0 aliphatic carbocycles. The minimum atomic E-state index is -0.548. The second-order valence-corrected chi connectivity index (χ2v) is 2.87. The highest BCUT2D eigenvalue weighted by atomic mass is 16.5. The van der Waals surface area contributed by atoms with Gasteiger partial charge in [0.25, 0.3) is 5.56 Å². The van der Waals surface area contributed by atoms with Crippen LogP contribution in [0.5, 0.6) is 0 Å². The fourth-order valence-electron chi connectivity index (χ4n) is 1.18. The van der Waals surface area contributed by atoms with E-state index in [-0.39, 0.29) is 5.56 Å². The monoisotopic (exact) mass is 220 g/mol. The van der Waals surface area contributed by atoms with E-state index in [9.17, 15) is 9.59 Å². The summed E-state index contributed by atoms with van der Waals surface area (Å²) in [7, 11) is 1.26. The first-order valence-corrected chi connectivity index (χ1v) is 4.39. The van der Waals surface area contributed by atoms with Crippen molar-refractivity contribution in [2.24, 2.45) is 0 Å². The topological polar surface area (TPSA) is 78.5 Å². The van der Waals surface area contributed by atoms with Crippen LogP contribution in [0, 0.1) is 0 Å². The van der Waals surface area contributed by atoms with Crippen molar-refractivity contribution in [3.8, 4) is 0 Å². The number of hydrogen-bond donors (Lipinski definition) is 0. The van der Waals surface area contributed by atoms with Gasteiger partial charge < -0.3 is 4.74 Å². The molecule has 7 nitrogen and oxygen atoms in total. The Kier molecular flexibility index (Phi) is 2.50. The molecule has 0 amide bonds. The lowest BCUT2D eigenvalue weighted by Crippen LogP contribution is -2.17. The molecule has 0 saturated heterocycles. The molecule has 2 aromatic rings. The quantitative estimate of drug-likeness (QED) is 0.505. The van der Waals surface area contributed by atoms with Crippen molar-refractivity contribution in [1.29, 1.82) is 0 Å². The van der Waals surface area contributed by atoms with Crippen molar-refractivity contribution >= 4 is 17.9 Å². The Hall–Kier alpha value is -2.44. The van der Waals surface area contributed by atoms with Crippen LogP contribution < -0.4 is 5.56 Å². The molecule has 2 rings (SSSR count). The highest BCUT2D eigenvalue weighted by molar-refractivity contribution is 5.85. The van der Waals surface area contributed by atoms with E-state index < -0.39 is 5.97 Å². The van der Waals surface area contributed by atoms with Crippen LogP contribution in [0.15, 0.2) is 29.5 Å². The average Bonchev–Trinajstić information content (AvgIpc) is 2.75. The van der Waals surface area contributed by atoms with Gasteiger partial charge in [-0.15, -0.1) is 0 Å². The van der Waals surface area contributed by atoms with Gasteiger partial charge in [-0.2, -0.15) is 10.1 Å². The van der Waals surface area contributed by atoms with Crippen molar-refractivity contribution in [3.63, 3.8) is 0 Å². The van der Waals surface area contributed by atoms with Gasteiger partial charge in [0.15, 0.2) is 0 Å². The molecule has 0 fully saturated rings. The van der Waals surface area contributed by atoms with Gasteiger partial charge in [0.05, 0.1) is 7.11 Å². The lowest BCUT2D eigenvalue weighted by atomic mass is 10.5. The van der Waals surface area contributed by atoms with Crippen LogP contribution in [0.3, 0.4) is 0 Å². The van der Waals surface area contributed by atoms with Gasteiger partial charge in [0.2, 0.25) is 5.78 Å². The first-order valence-electron chi connectivity index (χ1n) is 4.39. The minimum Gasteiger partial charge on any atom is -0.466 e. The van der Waals surface area contributed by atoms with Crippen molar-refractivity contribution in [3.05, 3.63) is 35.0 Å². The molecule has 0 aromatic carbocycles. The number of esters is 1. The molecular weight excluding hydrogens is 212 g/mol. The average molecular weight is 220 g/mol.